The highest BCUT2D eigenvalue weighted by Gasteiger charge is 2.18. The summed E-state index contributed by atoms with van der Waals surface area (Å²) >= 11 is 0. The first kappa shape index (κ1) is 13.7. The molecule has 2 rings (SSSR count). The van der Waals surface area contributed by atoms with E-state index in [4.69, 9.17) is 0 Å². The normalized spacial score (nSPS) is 11.2. The predicted molar refractivity (Wildman–Crippen MR) is 77.9 cm³/mol. The van der Waals surface area contributed by atoms with Crippen molar-refractivity contribution in [3.63, 3.8) is 0 Å². The van der Waals surface area contributed by atoms with E-state index < -0.39 is 0 Å². The zero-order valence-corrected chi connectivity index (χ0v) is 12.1. The first-order valence-electron chi connectivity index (χ1n) is 6.90. The fraction of sp³-hybridized carbons (Fsp3) is 0.438. The summed E-state index contributed by atoms with van der Waals surface area (Å²) in [5.41, 5.74) is 4.31. The van der Waals surface area contributed by atoms with Crippen LogP contribution in [-0.2, 0) is 12.8 Å². The highest BCUT2D eigenvalue weighted by Crippen LogP contribution is 2.27. The molecule has 1 aromatic carbocycles. The van der Waals surface area contributed by atoms with Crippen LogP contribution >= 0.6 is 0 Å². The van der Waals surface area contributed by atoms with Crippen LogP contribution in [0.4, 0.5) is 0 Å². The molecule has 2 aromatic rings. The van der Waals surface area contributed by atoms with E-state index in [2.05, 4.69) is 38.9 Å². The maximum atomic E-state index is 10.0. The van der Waals surface area contributed by atoms with Crippen molar-refractivity contribution in [3.05, 3.63) is 41.1 Å². The molecule has 1 heterocycles. The van der Waals surface area contributed by atoms with Gasteiger partial charge in [0.1, 0.15) is 0 Å². The van der Waals surface area contributed by atoms with Gasteiger partial charge in [-0.05, 0) is 37.3 Å². The summed E-state index contributed by atoms with van der Waals surface area (Å²) in [6.45, 7) is 8.50. The van der Waals surface area contributed by atoms with Crippen LogP contribution in [0.5, 0.6) is 5.88 Å². The predicted octanol–water partition coefficient (Wildman–Crippen LogP) is 3.65. The minimum absolute atomic E-state index is 0.168. The summed E-state index contributed by atoms with van der Waals surface area (Å²) in [5, 5.41) is 14.4. The molecule has 3 heteroatoms. The van der Waals surface area contributed by atoms with E-state index in [9.17, 15) is 5.11 Å². The van der Waals surface area contributed by atoms with E-state index >= 15 is 0 Å². The quantitative estimate of drug-likeness (QED) is 0.909. The topological polar surface area (TPSA) is 38.1 Å². The minimum Gasteiger partial charge on any atom is -0.492 e. The van der Waals surface area contributed by atoms with Gasteiger partial charge >= 0.3 is 0 Å². The van der Waals surface area contributed by atoms with E-state index in [1.165, 1.54) is 0 Å². The van der Waals surface area contributed by atoms with Gasteiger partial charge in [0.15, 0.2) is 0 Å². The second-order valence-corrected chi connectivity index (χ2v) is 5.40. The van der Waals surface area contributed by atoms with Crippen molar-refractivity contribution in [2.45, 2.75) is 40.5 Å². The number of benzene rings is 1. The van der Waals surface area contributed by atoms with Crippen LogP contribution in [0.3, 0.4) is 0 Å². The Morgan fingerprint density at radius 1 is 1.26 bits per heavy atom. The van der Waals surface area contributed by atoms with Gasteiger partial charge in [-0.3, -0.25) is 0 Å². The molecule has 0 aliphatic heterocycles. The van der Waals surface area contributed by atoms with Gasteiger partial charge in [-0.2, -0.15) is 0 Å². The second kappa shape index (κ2) is 5.47. The van der Waals surface area contributed by atoms with Crippen molar-refractivity contribution >= 4 is 0 Å². The van der Waals surface area contributed by atoms with Crippen molar-refractivity contribution in [3.8, 4) is 11.6 Å². The molecule has 0 atom stereocenters. The number of aryl methyl sites for hydroxylation is 1. The first-order valence-corrected chi connectivity index (χ1v) is 6.90. The third kappa shape index (κ3) is 2.65. The molecule has 0 unspecified atom stereocenters. The van der Waals surface area contributed by atoms with Gasteiger partial charge in [-0.1, -0.05) is 39.0 Å². The average Bonchev–Trinajstić information content (AvgIpc) is 2.65. The van der Waals surface area contributed by atoms with E-state index in [1.54, 1.807) is 0 Å². The summed E-state index contributed by atoms with van der Waals surface area (Å²) in [6, 6.07) is 8.14. The summed E-state index contributed by atoms with van der Waals surface area (Å²) in [6.07, 6.45) is 1.73. The molecule has 0 saturated carbocycles. The summed E-state index contributed by atoms with van der Waals surface area (Å²) < 4.78 is 1.91. The molecule has 1 N–H and O–H groups in total. The molecule has 0 spiro atoms. The number of hydrogen-bond donors (Lipinski definition) is 1. The Kier molecular flexibility index (Phi) is 3.93. The summed E-state index contributed by atoms with van der Waals surface area (Å²) in [7, 11) is 0. The van der Waals surface area contributed by atoms with Gasteiger partial charge in [0, 0.05) is 5.56 Å². The summed E-state index contributed by atoms with van der Waals surface area (Å²) in [5.74, 6) is 0.700. The van der Waals surface area contributed by atoms with Gasteiger partial charge in [0.2, 0.25) is 5.88 Å². The van der Waals surface area contributed by atoms with Crippen LogP contribution in [0.25, 0.3) is 5.69 Å². The van der Waals surface area contributed by atoms with E-state index in [1.807, 2.05) is 22.9 Å². The smallest absolute Gasteiger partial charge is 0.234 e. The van der Waals surface area contributed by atoms with Gasteiger partial charge in [0.25, 0.3) is 0 Å². The van der Waals surface area contributed by atoms with Crippen LogP contribution in [0.2, 0.25) is 0 Å². The Bertz CT molecular complexity index is 570. The SMILES string of the molecule is CCc1c(O)nn(-c2ccccc2C)c1CC(C)C. The van der Waals surface area contributed by atoms with Crippen molar-refractivity contribution in [1.29, 1.82) is 0 Å². The Balaban J connectivity index is 2.60. The van der Waals surface area contributed by atoms with Gasteiger partial charge in [0.05, 0.1) is 11.4 Å². The maximum Gasteiger partial charge on any atom is 0.234 e. The van der Waals surface area contributed by atoms with Crippen LogP contribution in [0.15, 0.2) is 24.3 Å². The van der Waals surface area contributed by atoms with E-state index in [-0.39, 0.29) is 5.88 Å². The average molecular weight is 258 g/mol. The van der Waals surface area contributed by atoms with E-state index in [0.29, 0.717) is 5.92 Å². The monoisotopic (exact) mass is 258 g/mol. The fourth-order valence-corrected chi connectivity index (χ4v) is 2.43. The van der Waals surface area contributed by atoms with Gasteiger partial charge < -0.3 is 5.11 Å². The van der Waals surface area contributed by atoms with Crippen LogP contribution in [-0.4, -0.2) is 14.9 Å². The first-order chi connectivity index (χ1) is 9.04. The minimum atomic E-state index is 0.168. The molecular formula is C16H22N2O. The number of hydrogen-bond acceptors (Lipinski definition) is 2. The molecule has 0 amide bonds. The van der Waals surface area contributed by atoms with Gasteiger partial charge in [-0.15, -0.1) is 5.10 Å². The van der Waals surface area contributed by atoms with Crippen LogP contribution < -0.4 is 0 Å². The number of para-hydroxylation sites is 1. The highest BCUT2D eigenvalue weighted by molar-refractivity contribution is 5.44. The van der Waals surface area contributed by atoms with Crippen LogP contribution in [0.1, 0.15) is 37.6 Å². The third-order valence-corrected chi connectivity index (χ3v) is 3.37. The number of aromatic hydroxyl groups is 1. The molecule has 0 aliphatic carbocycles. The molecule has 0 fully saturated rings. The summed E-state index contributed by atoms with van der Waals surface area (Å²) in [4.78, 5) is 0. The maximum absolute atomic E-state index is 10.0. The van der Waals surface area contributed by atoms with Crippen molar-refractivity contribution in [2.24, 2.45) is 5.92 Å². The fourth-order valence-electron chi connectivity index (χ4n) is 2.43. The zero-order chi connectivity index (χ0) is 14.0. The lowest BCUT2D eigenvalue weighted by atomic mass is 10.0. The number of aromatic nitrogens is 2. The molecule has 102 valence electrons. The number of nitrogens with zero attached hydrogens (tertiary/aromatic N) is 2. The van der Waals surface area contributed by atoms with Crippen LogP contribution in [0, 0.1) is 12.8 Å². The van der Waals surface area contributed by atoms with E-state index in [0.717, 1.165) is 35.3 Å². The standard InChI is InChI=1S/C16H22N2O/c1-5-13-15(10-11(2)3)18(17-16(13)19)14-9-7-6-8-12(14)4/h6-9,11H,5,10H2,1-4H3,(H,17,19). The Labute approximate surface area is 114 Å². The molecule has 0 aliphatic rings. The molecule has 3 nitrogen and oxygen atoms in total. The third-order valence-electron chi connectivity index (χ3n) is 3.37. The lowest BCUT2D eigenvalue weighted by molar-refractivity contribution is 0.442. The Morgan fingerprint density at radius 3 is 2.53 bits per heavy atom. The highest BCUT2D eigenvalue weighted by atomic mass is 16.3. The Hall–Kier alpha value is -1.77. The molecule has 0 radical (unpaired) electrons. The van der Waals surface area contributed by atoms with Gasteiger partial charge in [-0.25, -0.2) is 4.68 Å². The number of rotatable bonds is 4. The largest absolute Gasteiger partial charge is 0.492 e. The lowest BCUT2D eigenvalue weighted by Crippen LogP contribution is -2.08. The Morgan fingerprint density at radius 2 is 1.95 bits per heavy atom. The van der Waals surface area contributed by atoms with Crippen molar-refractivity contribution in [2.75, 3.05) is 0 Å². The molecule has 0 saturated heterocycles. The lowest BCUT2D eigenvalue weighted by Gasteiger charge is -2.12. The molecule has 1 aromatic heterocycles. The second-order valence-electron chi connectivity index (χ2n) is 5.40. The van der Waals surface area contributed by atoms with Crippen molar-refractivity contribution in [1.82, 2.24) is 9.78 Å². The molecular weight excluding hydrogens is 236 g/mol. The van der Waals surface area contributed by atoms with Crippen molar-refractivity contribution < 1.29 is 5.11 Å². The molecule has 19 heavy (non-hydrogen) atoms. The zero-order valence-electron chi connectivity index (χ0n) is 12.1. The molecule has 0 bridgehead atoms.